The van der Waals surface area contributed by atoms with Crippen molar-refractivity contribution in [3.8, 4) is 0 Å². The molecule has 5 heteroatoms. The molecule has 0 heterocycles. The van der Waals surface area contributed by atoms with Crippen LogP contribution in [0.25, 0.3) is 0 Å². The fourth-order valence-corrected chi connectivity index (χ4v) is 2.52. The van der Waals surface area contributed by atoms with Crippen LogP contribution in [0.15, 0.2) is 0 Å². The van der Waals surface area contributed by atoms with Crippen molar-refractivity contribution in [2.75, 3.05) is 6.54 Å². The number of carboxylic acid groups (broad SMARTS) is 1. The quantitative estimate of drug-likeness (QED) is 0.689. The zero-order valence-corrected chi connectivity index (χ0v) is 11.5. The number of rotatable bonds is 5. The maximum Gasteiger partial charge on any atom is 0.329 e. The van der Waals surface area contributed by atoms with Gasteiger partial charge in [-0.2, -0.15) is 0 Å². The van der Waals surface area contributed by atoms with Crippen molar-refractivity contribution in [1.29, 1.82) is 0 Å². The first-order chi connectivity index (χ1) is 8.35. The molecule has 0 aromatic carbocycles. The second kappa shape index (κ2) is 6.18. The molecule has 1 amide bonds. The van der Waals surface area contributed by atoms with Gasteiger partial charge in [-0.05, 0) is 18.8 Å². The normalized spacial score (nSPS) is 28.1. The highest BCUT2D eigenvalue weighted by Crippen LogP contribution is 2.32. The van der Waals surface area contributed by atoms with Crippen LogP contribution in [0.4, 0.5) is 0 Å². The fourth-order valence-electron chi connectivity index (χ4n) is 2.52. The van der Waals surface area contributed by atoms with Gasteiger partial charge in [0.2, 0.25) is 5.91 Å². The van der Waals surface area contributed by atoms with Crippen LogP contribution in [0.3, 0.4) is 0 Å². The molecular formula is C13H24N2O3. The fraction of sp³-hybridized carbons (Fsp3) is 0.846. The summed E-state index contributed by atoms with van der Waals surface area (Å²) in [5, 5.41) is 15.1. The van der Waals surface area contributed by atoms with Gasteiger partial charge in [0.25, 0.3) is 0 Å². The van der Waals surface area contributed by atoms with Crippen molar-refractivity contribution >= 4 is 11.9 Å². The molecule has 18 heavy (non-hydrogen) atoms. The third-order valence-corrected chi connectivity index (χ3v) is 3.46. The lowest BCUT2D eigenvalue weighted by Gasteiger charge is -2.37. The molecule has 1 aliphatic carbocycles. The standard InChI is InChI=1S/C13H24N2O3/c1-9(2)14-8-11(16)15-13(12(17)18)6-4-5-10(3)7-13/h9-10,14H,4-8H2,1-3H3,(H,15,16)(H,17,18). The average molecular weight is 256 g/mol. The molecule has 0 spiro atoms. The van der Waals surface area contributed by atoms with Crippen LogP contribution in [0.1, 0.15) is 46.5 Å². The van der Waals surface area contributed by atoms with E-state index >= 15 is 0 Å². The molecule has 0 aliphatic heterocycles. The smallest absolute Gasteiger partial charge is 0.329 e. The molecule has 1 saturated carbocycles. The van der Waals surface area contributed by atoms with Crippen LogP contribution in [0, 0.1) is 5.92 Å². The molecule has 2 unspecified atom stereocenters. The molecule has 5 nitrogen and oxygen atoms in total. The molecule has 1 rings (SSSR count). The van der Waals surface area contributed by atoms with Crippen LogP contribution in [0.2, 0.25) is 0 Å². The van der Waals surface area contributed by atoms with E-state index in [-0.39, 0.29) is 18.5 Å². The Morgan fingerprint density at radius 1 is 1.44 bits per heavy atom. The van der Waals surface area contributed by atoms with E-state index in [0.717, 1.165) is 12.8 Å². The Bertz CT molecular complexity index is 317. The highest BCUT2D eigenvalue weighted by Gasteiger charge is 2.42. The predicted molar refractivity (Wildman–Crippen MR) is 69.3 cm³/mol. The first-order valence-electron chi connectivity index (χ1n) is 6.63. The van der Waals surface area contributed by atoms with E-state index in [1.807, 2.05) is 20.8 Å². The summed E-state index contributed by atoms with van der Waals surface area (Å²) in [4.78, 5) is 23.3. The summed E-state index contributed by atoms with van der Waals surface area (Å²) in [6.07, 6.45) is 2.94. The SMILES string of the molecule is CC1CCCC(NC(=O)CNC(C)C)(C(=O)O)C1. The number of carboxylic acids is 1. The molecule has 2 atom stereocenters. The Morgan fingerprint density at radius 3 is 2.61 bits per heavy atom. The van der Waals surface area contributed by atoms with E-state index in [1.54, 1.807) is 0 Å². The van der Waals surface area contributed by atoms with E-state index < -0.39 is 11.5 Å². The topological polar surface area (TPSA) is 78.4 Å². The molecule has 104 valence electrons. The maximum atomic E-state index is 11.8. The van der Waals surface area contributed by atoms with E-state index in [2.05, 4.69) is 10.6 Å². The Morgan fingerprint density at radius 2 is 2.11 bits per heavy atom. The van der Waals surface area contributed by atoms with Crippen molar-refractivity contribution < 1.29 is 14.7 Å². The number of aliphatic carboxylic acids is 1. The average Bonchev–Trinajstić information content (AvgIpc) is 2.26. The number of nitrogens with one attached hydrogen (secondary N) is 2. The van der Waals surface area contributed by atoms with Gasteiger partial charge in [-0.3, -0.25) is 4.79 Å². The minimum atomic E-state index is -1.06. The van der Waals surface area contributed by atoms with Gasteiger partial charge < -0.3 is 15.7 Å². The van der Waals surface area contributed by atoms with Crippen molar-refractivity contribution in [3.63, 3.8) is 0 Å². The lowest BCUT2D eigenvalue weighted by Crippen LogP contribution is -2.58. The van der Waals surface area contributed by atoms with Crippen molar-refractivity contribution in [3.05, 3.63) is 0 Å². The van der Waals surface area contributed by atoms with Crippen molar-refractivity contribution in [2.24, 2.45) is 5.92 Å². The second-order valence-electron chi connectivity index (χ2n) is 5.67. The Balaban J connectivity index is 2.62. The second-order valence-corrected chi connectivity index (χ2v) is 5.67. The van der Waals surface area contributed by atoms with Gasteiger partial charge in [0.05, 0.1) is 6.54 Å². The monoisotopic (exact) mass is 256 g/mol. The number of carbonyl (C=O) groups excluding carboxylic acids is 1. The number of carbonyl (C=O) groups is 2. The third kappa shape index (κ3) is 3.98. The first kappa shape index (κ1) is 15.0. The summed E-state index contributed by atoms with van der Waals surface area (Å²) in [6.45, 7) is 6.10. The maximum absolute atomic E-state index is 11.8. The van der Waals surface area contributed by atoms with Crippen LogP contribution in [0.5, 0.6) is 0 Å². The summed E-state index contributed by atoms with van der Waals surface area (Å²) in [5.74, 6) is -0.805. The Hall–Kier alpha value is -1.10. The van der Waals surface area contributed by atoms with E-state index in [1.165, 1.54) is 0 Å². The Kier molecular flexibility index (Phi) is 5.14. The van der Waals surface area contributed by atoms with Gasteiger partial charge in [0.15, 0.2) is 0 Å². The lowest BCUT2D eigenvalue weighted by molar-refractivity contribution is -0.149. The largest absolute Gasteiger partial charge is 0.480 e. The Labute approximate surface area is 108 Å². The molecular weight excluding hydrogens is 232 g/mol. The zero-order valence-electron chi connectivity index (χ0n) is 11.5. The van der Waals surface area contributed by atoms with E-state index in [9.17, 15) is 14.7 Å². The minimum absolute atomic E-state index is 0.168. The zero-order chi connectivity index (χ0) is 13.8. The molecule has 0 aromatic heterocycles. The first-order valence-corrected chi connectivity index (χ1v) is 6.63. The van der Waals surface area contributed by atoms with Gasteiger partial charge in [-0.25, -0.2) is 4.79 Å². The number of hydrogen-bond donors (Lipinski definition) is 3. The molecule has 0 bridgehead atoms. The van der Waals surface area contributed by atoms with Gasteiger partial charge in [-0.1, -0.05) is 33.6 Å². The van der Waals surface area contributed by atoms with E-state index in [4.69, 9.17) is 0 Å². The third-order valence-electron chi connectivity index (χ3n) is 3.46. The predicted octanol–water partition coefficient (Wildman–Crippen LogP) is 1.13. The molecule has 3 N–H and O–H groups in total. The highest BCUT2D eigenvalue weighted by atomic mass is 16.4. The summed E-state index contributed by atoms with van der Waals surface area (Å²) >= 11 is 0. The van der Waals surface area contributed by atoms with Crippen molar-refractivity contribution in [1.82, 2.24) is 10.6 Å². The van der Waals surface area contributed by atoms with Gasteiger partial charge in [0, 0.05) is 6.04 Å². The van der Waals surface area contributed by atoms with Crippen molar-refractivity contribution in [2.45, 2.75) is 58.0 Å². The number of hydrogen-bond acceptors (Lipinski definition) is 3. The van der Waals surface area contributed by atoms with Crippen LogP contribution in [-0.2, 0) is 9.59 Å². The minimum Gasteiger partial charge on any atom is -0.480 e. The molecule has 0 radical (unpaired) electrons. The van der Waals surface area contributed by atoms with Crippen LogP contribution >= 0.6 is 0 Å². The van der Waals surface area contributed by atoms with Gasteiger partial charge in [0.1, 0.15) is 5.54 Å². The highest BCUT2D eigenvalue weighted by molar-refractivity contribution is 5.88. The van der Waals surface area contributed by atoms with E-state index in [0.29, 0.717) is 18.8 Å². The lowest BCUT2D eigenvalue weighted by atomic mass is 9.76. The van der Waals surface area contributed by atoms with Gasteiger partial charge >= 0.3 is 5.97 Å². The summed E-state index contributed by atoms with van der Waals surface area (Å²) in [7, 11) is 0. The van der Waals surface area contributed by atoms with Crippen LogP contribution in [-0.4, -0.2) is 35.1 Å². The molecule has 1 fully saturated rings. The van der Waals surface area contributed by atoms with Crippen LogP contribution < -0.4 is 10.6 Å². The summed E-state index contributed by atoms with van der Waals surface area (Å²) in [5.41, 5.74) is -1.06. The molecule has 0 saturated heterocycles. The van der Waals surface area contributed by atoms with Gasteiger partial charge in [-0.15, -0.1) is 0 Å². The summed E-state index contributed by atoms with van der Waals surface area (Å²) < 4.78 is 0. The molecule has 0 aromatic rings. The summed E-state index contributed by atoms with van der Waals surface area (Å²) in [6, 6.07) is 0.210. The molecule has 1 aliphatic rings. The number of amides is 1.